The van der Waals surface area contributed by atoms with Crippen molar-refractivity contribution in [2.24, 2.45) is 0 Å². The van der Waals surface area contributed by atoms with Gasteiger partial charge in [-0.1, -0.05) is 72.8 Å². The van der Waals surface area contributed by atoms with Crippen molar-refractivity contribution in [1.29, 1.82) is 0 Å². The molecule has 5 N–H and O–H groups in total. The van der Waals surface area contributed by atoms with Gasteiger partial charge in [0.15, 0.2) is 69.4 Å². The molecule has 2 aliphatic heterocycles. The van der Waals surface area contributed by atoms with Crippen LogP contribution in [0.4, 0.5) is 74.9 Å². The van der Waals surface area contributed by atoms with E-state index in [4.69, 9.17) is 44.1 Å². The molecular weight excluding hydrogens is 1100 g/mol. The Morgan fingerprint density at radius 2 is 0.881 bits per heavy atom. The summed E-state index contributed by atoms with van der Waals surface area (Å²) >= 11 is 0. The molecule has 5 heterocycles. The molecule has 418 valence electrons. The van der Waals surface area contributed by atoms with Crippen LogP contribution in [-0.4, -0.2) is 68.0 Å². The quantitative estimate of drug-likeness (QED) is 0.0575. The normalized spacial score (nSPS) is 11.6. The highest BCUT2D eigenvalue weighted by Crippen LogP contribution is 2.48. The molecule has 0 saturated heterocycles. The van der Waals surface area contributed by atoms with Gasteiger partial charge < -0.3 is 39.9 Å². The van der Waals surface area contributed by atoms with Crippen molar-refractivity contribution in [2.75, 3.05) is 49.8 Å². The largest absolute Gasteiger partial charge is 0.497 e. The second-order valence-electron chi connectivity index (χ2n) is 18.8. The van der Waals surface area contributed by atoms with E-state index >= 15 is 35.1 Å². The number of H-pyrrole nitrogens is 1. The predicted octanol–water partition coefficient (Wildman–Crippen LogP) is 14.6. The predicted molar refractivity (Wildman–Crippen MR) is 300 cm³/mol. The van der Waals surface area contributed by atoms with Gasteiger partial charge in [0.2, 0.25) is 17.5 Å². The monoisotopic (exact) mass is 1140 g/mol. The molecule has 16 nitrogen and oxygen atoms in total. The number of ether oxygens (including phenoxy) is 4. The zero-order valence-corrected chi connectivity index (χ0v) is 43.9. The summed E-state index contributed by atoms with van der Waals surface area (Å²) < 4.78 is 150. The molecule has 8 aromatic carbocycles. The lowest BCUT2D eigenvalue weighted by molar-refractivity contribution is 0.334. The zero-order valence-electron chi connectivity index (χ0n) is 43.9. The summed E-state index contributed by atoms with van der Waals surface area (Å²) in [5.41, 5.74) is 1.77. The molecule has 0 aliphatic carbocycles. The number of benzene rings is 8. The van der Waals surface area contributed by atoms with Crippen LogP contribution in [0.1, 0.15) is 0 Å². The fraction of sp³-hybridized carbons (Fsp3) is 0.0667. The van der Waals surface area contributed by atoms with Crippen molar-refractivity contribution in [1.82, 2.24) is 39.6 Å². The fourth-order valence-corrected chi connectivity index (χ4v) is 10.0. The molecule has 0 unspecified atom stereocenters. The van der Waals surface area contributed by atoms with Crippen molar-refractivity contribution in [3.8, 4) is 68.5 Å². The molecule has 11 aromatic rings. The van der Waals surface area contributed by atoms with E-state index in [9.17, 15) is 0 Å². The van der Waals surface area contributed by atoms with Gasteiger partial charge in [0.1, 0.15) is 34.3 Å². The third kappa shape index (κ3) is 8.60. The molecule has 3 aromatic heterocycles. The molecule has 2 aliphatic rings. The van der Waals surface area contributed by atoms with Gasteiger partial charge in [0.25, 0.3) is 0 Å². The van der Waals surface area contributed by atoms with Crippen molar-refractivity contribution in [3.05, 3.63) is 174 Å². The van der Waals surface area contributed by atoms with Crippen molar-refractivity contribution >= 4 is 83.9 Å². The number of hydrogen-bond acceptors (Lipinski definition) is 14. The maximum absolute atomic E-state index is 16.5. The van der Waals surface area contributed by atoms with E-state index in [1.165, 1.54) is 49.2 Å². The molecule has 0 amide bonds. The van der Waals surface area contributed by atoms with Gasteiger partial charge in [-0.15, -0.1) is 0 Å². The number of anilines is 7. The zero-order chi connectivity index (χ0) is 58.2. The van der Waals surface area contributed by atoms with Crippen LogP contribution >= 0.6 is 0 Å². The molecule has 84 heavy (non-hydrogen) atoms. The van der Waals surface area contributed by atoms with E-state index in [0.717, 1.165) is 32.4 Å². The standard InChI is InChI=1S/C60H38F8N12O4/c1-81-26-17-19-37(35(61)23-26)69-50-42-34(25-40(49(50)70-39-21-22-41(83-3)44(64)43(39)63)71-51-45(65)47(67)52(84-4)48(68)46(51)66)57-74-53-28-11-5-7-13-30(28)55(72-53)77-59-32-15-9-10-16-33(32)60(80(59)79-38-20-18-27(82-2)24-36(38)62)78-56-31-14-8-6-12-29(31)54(73-56)75-58(42)76-57/h5-25,69-71,79H,1-4H3,(H,72,73,74,75,76,77,78). The average Bonchev–Trinajstić information content (AvgIpc) is 1.89. The maximum atomic E-state index is 16.5. The summed E-state index contributed by atoms with van der Waals surface area (Å²) in [6.07, 6.45) is 0. The van der Waals surface area contributed by atoms with Crippen LogP contribution in [0.3, 0.4) is 0 Å². The van der Waals surface area contributed by atoms with Crippen LogP contribution in [0, 0.1) is 46.5 Å². The second-order valence-corrected chi connectivity index (χ2v) is 18.8. The molecule has 0 fully saturated rings. The first-order valence-electron chi connectivity index (χ1n) is 25.3. The Balaban J connectivity index is 1.20. The van der Waals surface area contributed by atoms with E-state index < -0.39 is 80.8 Å². The number of nitrogens with one attached hydrogen (secondary N) is 5. The lowest BCUT2D eigenvalue weighted by Gasteiger charge is -2.22. The Morgan fingerprint density at radius 1 is 0.393 bits per heavy atom. The number of aromatic amines is 1. The van der Waals surface area contributed by atoms with Crippen LogP contribution < -0.4 is 40.3 Å². The van der Waals surface area contributed by atoms with Gasteiger partial charge in [0, 0.05) is 50.5 Å². The Labute approximate surface area is 468 Å². The van der Waals surface area contributed by atoms with E-state index in [2.05, 4.69) is 31.1 Å². The first-order valence-corrected chi connectivity index (χ1v) is 25.3. The third-order valence-corrected chi connectivity index (χ3v) is 14.0. The summed E-state index contributed by atoms with van der Waals surface area (Å²) in [5, 5.41) is 9.32. The van der Waals surface area contributed by atoms with Gasteiger partial charge in [-0.2, -0.15) is 13.2 Å². The highest BCUT2D eigenvalue weighted by molar-refractivity contribution is 6.19. The van der Waals surface area contributed by atoms with Gasteiger partial charge >= 0.3 is 0 Å². The van der Waals surface area contributed by atoms with Crippen LogP contribution in [0.15, 0.2) is 127 Å². The molecule has 0 radical (unpaired) electrons. The highest BCUT2D eigenvalue weighted by atomic mass is 19.2. The second kappa shape index (κ2) is 20.5. The first-order chi connectivity index (χ1) is 40.7. The Kier molecular flexibility index (Phi) is 12.8. The van der Waals surface area contributed by atoms with E-state index in [1.807, 2.05) is 12.1 Å². The summed E-state index contributed by atoms with van der Waals surface area (Å²) in [7, 11) is 4.65. The van der Waals surface area contributed by atoms with E-state index in [0.29, 0.717) is 33.0 Å². The first kappa shape index (κ1) is 52.3. The van der Waals surface area contributed by atoms with Crippen molar-refractivity contribution in [3.63, 3.8) is 0 Å². The topological polar surface area (TPSA) is 183 Å². The smallest absolute Gasteiger partial charge is 0.206 e. The van der Waals surface area contributed by atoms with Gasteiger partial charge in [-0.3, -0.25) is 5.43 Å². The Hall–Kier alpha value is -11.0. The molecule has 13 rings (SSSR count). The van der Waals surface area contributed by atoms with E-state index in [-0.39, 0.29) is 85.2 Å². The molecule has 8 bridgehead atoms. The number of fused-ring (bicyclic) bond motifs is 20. The van der Waals surface area contributed by atoms with Crippen molar-refractivity contribution in [2.45, 2.75) is 0 Å². The lowest BCUT2D eigenvalue weighted by Crippen LogP contribution is -2.11. The number of methoxy groups -OCH3 is 4. The van der Waals surface area contributed by atoms with Crippen molar-refractivity contribution < 1.29 is 54.1 Å². The lowest BCUT2D eigenvalue weighted by atomic mass is 10.1. The minimum atomic E-state index is -1.95. The van der Waals surface area contributed by atoms with Crippen LogP contribution in [-0.2, 0) is 0 Å². The van der Waals surface area contributed by atoms with Gasteiger partial charge in [-0.25, -0.2) is 56.5 Å². The molecular formula is C60H38F8N12O4. The van der Waals surface area contributed by atoms with Crippen LogP contribution in [0.5, 0.6) is 23.0 Å². The SMILES string of the molecule is COc1ccc(Nc2c(Nc3ccc(OC)c(F)c3F)c(Nc3c(F)c(F)c(OC)c(F)c3F)cc3c4nc5nc(nc6c7ccccc7c(nc7nc(nc([nH]4)c23)-c2ccccc2-7)n6Nc2ccc(OC)cc2F)-c2ccccc2-5)c(F)c1. The Morgan fingerprint density at radius 3 is 1.40 bits per heavy atom. The van der Waals surface area contributed by atoms with Crippen LogP contribution in [0.25, 0.3) is 89.7 Å². The molecule has 0 spiro atoms. The number of hydrogen-bond donors (Lipinski definition) is 5. The minimum Gasteiger partial charge on any atom is -0.497 e. The number of rotatable bonds is 12. The number of halogens is 8. The average molecular weight is 1140 g/mol. The Bertz CT molecular complexity index is 4740. The molecule has 0 atom stereocenters. The molecule has 24 heteroatoms. The molecule has 0 saturated carbocycles. The minimum absolute atomic E-state index is 0.0136. The summed E-state index contributed by atoms with van der Waals surface area (Å²) in [4.78, 5) is 33.7. The summed E-state index contributed by atoms with van der Waals surface area (Å²) in [6.45, 7) is 0. The fourth-order valence-electron chi connectivity index (χ4n) is 10.0. The summed E-state index contributed by atoms with van der Waals surface area (Å²) in [6, 6.07) is 32.6. The van der Waals surface area contributed by atoms with E-state index in [1.54, 1.807) is 66.7 Å². The summed E-state index contributed by atoms with van der Waals surface area (Å²) in [5.74, 6) is -13.5. The number of nitrogens with zero attached hydrogens (tertiary/aromatic N) is 7. The van der Waals surface area contributed by atoms with Gasteiger partial charge in [0.05, 0.1) is 67.9 Å². The van der Waals surface area contributed by atoms with Crippen LogP contribution in [0.2, 0.25) is 0 Å². The number of aromatic nitrogens is 8. The highest BCUT2D eigenvalue weighted by Gasteiger charge is 2.31. The maximum Gasteiger partial charge on any atom is 0.206 e. The third-order valence-electron chi connectivity index (χ3n) is 14.0. The van der Waals surface area contributed by atoms with Gasteiger partial charge in [-0.05, 0) is 42.5 Å².